The third kappa shape index (κ3) is 3.23. The van der Waals surface area contributed by atoms with Gasteiger partial charge in [0, 0.05) is 11.5 Å². The summed E-state index contributed by atoms with van der Waals surface area (Å²) in [7, 11) is 1.63. The lowest BCUT2D eigenvalue weighted by molar-refractivity contribution is 0.0938. The molecule has 0 N–H and O–H groups in total. The zero-order chi connectivity index (χ0) is 13.0. The molecule has 4 heteroatoms. The first-order valence-electron chi connectivity index (χ1n) is 6.14. The summed E-state index contributed by atoms with van der Waals surface area (Å²) in [5, 5.41) is 0. The summed E-state index contributed by atoms with van der Waals surface area (Å²) in [4.78, 5) is 12.4. The topological polar surface area (TPSA) is 26.3 Å². The van der Waals surface area contributed by atoms with Crippen molar-refractivity contribution in [3.05, 3.63) is 29.8 Å². The van der Waals surface area contributed by atoms with Crippen molar-refractivity contribution in [3.8, 4) is 5.75 Å². The van der Waals surface area contributed by atoms with Crippen molar-refractivity contribution in [2.45, 2.75) is 17.9 Å². The minimum atomic E-state index is 0.0775. The summed E-state index contributed by atoms with van der Waals surface area (Å²) in [6.45, 7) is 2.04. The Kier molecular flexibility index (Phi) is 5.01. The fourth-order valence-electron chi connectivity index (χ4n) is 1.94. The maximum Gasteiger partial charge on any atom is 0.167 e. The van der Waals surface area contributed by atoms with Gasteiger partial charge < -0.3 is 4.74 Å². The molecule has 0 bridgehead atoms. The number of ketones is 1. The van der Waals surface area contributed by atoms with Crippen molar-refractivity contribution in [3.63, 3.8) is 0 Å². The fraction of sp³-hybridized carbons (Fsp3) is 0.500. The van der Waals surface area contributed by atoms with Gasteiger partial charge in [0.05, 0.1) is 11.7 Å². The molecule has 1 aliphatic heterocycles. The lowest BCUT2D eigenvalue weighted by Gasteiger charge is -2.25. The van der Waals surface area contributed by atoms with Crippen LogP contribution < -0.4 is 4.74 Å². The van der Waals surface area contributed by atoms with Gasteiger partial charge in [0.25, 0.3) is 0 Å². The summed E-state index contributed by atoms with van der Waals surface area (Å²) in [5.41, 5.74) is 0.787. The van der Waals surface area contributed by atoms with Crippen LogP contribution in [-0.2, 0) is 0 Å². The third-order valence-corrected chi connectivity index (χ3v) is 6.39. The van der Waals surface area contributed by atoms with Gasteiger partial charge in [-0.3, -0.25) is 4.79 Å². The van der Waals surface area contributed by atoms with Gasteiger partial charge in [0.1, 0.15) is 5.75 Å². The van der Waals surface area contributed by atoms with Crippen molar-refractivity contribution in [1.29, 1.82) is 0 Å². The van der Waals surface area contributed by atoms with Gasteiger partial charge in [0.15, 0.2) is 5.78 Å². The van der Waals surface area contributed by atoms with E-state index in [1.807, 2.05) is 54.7 Å². The number of Topliss-reactive ketones (excluding diaryl/α,β-unsaturated/α-hetero) is 1. The maximum atomic E-state index is 12.4. The van der Waals surface area contributed by atoms with Crippen LogP contribution in [0.15, 0.2) is 24.3 Å². The van der Waals surface area contributed by atoms with E-state index in [4.69, 9.17) is 4.74 Å². The molecule has 0 aliphatic carbocycles. The number of carbonyl (C=O) groups excluding carboxylic acids is 1. The molecule has 1 atom stereocenters. The summed E-state index contributed by atoms with van der Waals surface area (Å²) in [6, 6.07) is 7.41. The molecule has 0 aromatic heterocycles. The van der Waals surface area contributed by atoms with Crippen LogP contribution in [0.25, 0.3) is 0 Å². The lowest BCUT2D eigenvalue weighted by atomic mass is 10.0. The molecule has 1 fully saturated rings. The van der Waals surface area contributed by atoms with E-state index in [2.05, 4.69) is 0 Å². The van der Waals surface area contributed by atoms with Gasteiger partial charge in [0.2, 0.25) is 0 Å². The van der Waals surface area contributed by atoms with Gasteiger partial charge in [-0.1, -0.05) is 6.92 Å². The smallest absolute Gasteiger partial charge is 0.167 e. The molecule has 2 rings (SSSR count). The monoisotopic (exact) mass is 282 g/mol. The van der Waals surface area contributed by atoms with Crippen molar-refractivity contribution in [2.75, 3.05) is 18.6 Å². The first-order chi connectivity index (χ1) is 8.72. The normalized spacial score (nSPS) is 18.3. The highest BCUT2D eigenvalue weighted by atomic mass is 32.2. The largest absolute Gasteiger partial charge is 0.497 e. The van der Waals surface area contributed by atoms with E-state index in [0.29, 0.717) is 4.58 Å². The number of hydrogen-bond acceptors (Lipinski definition) is 4. The second kappa shape index (κ2) is 6.53. The first kappa shape index (κ1) is 13.8. The number of hydrogen-bond donors (Lipinski definition) is 0. The maximum absolute atomic E-state index is 12.4. The number of rotatable bonds is 4. The molecule has 0 spiro atoms. The summed E-state index contributed by atoms with van der Waals surface area (Å²) >= 11 is 3.84. The molecule has 0 saturated carbocycles. The van der Waals surface area contributed by atoms with Crippen LogP contribution in [0.1, 0.15) is 23.7 Å². The molecule has 1 heterocycles. The Bertz CT molecular complexity index is 397. The zero-order valence-electron chi connectivity index (χ0n) is 10.7. The number of carbonyl (C=O) groups is 1. The van der Waals surface area contributed by atoms with Gasteiger partial charge in [-0.15, -0.1) is 23.5 Å². The van der Waals surface area contributed by atoms with Crippen molar-refractivity contribution in [2.24, 2.45) is 5.92 Å². The highest BCUT2D eigenvalue weighted by Gasteiger charge is 2.27. The summed E-state index contributed by atoms with van der Waals surface area (Å²) in [5.74, 6) is 3.47. The van der Waals surface area contributed by atoms with Crippen LogP contribution in [0.3, 0.4) is 0 Å². The molecule has 1 aromatic rings. The molecule has 1 unspecified atom stereocenters. The minimum absolute atomic E-state index is 0.0775. The van der Waals surface area contributed by atoms with E-state index in [0.717, 1.165) is 11.3 Å². The van der Waals surface area contributed by atoms with Crippen LogP contribution >= 0.6 is 23.5 Å². The molecule has 2 nitrogen and oxygen atoms in total. The fourth-order valence-corrected chi connectivity index (χ4v) is 4.99. The Morgan fingerprint density at radius 3 is 2.44 bits per heavy atom. The second-order valence-corrected chi connectivity index (χ2v) is 7.14. The Balaban J connectivity index is 2.04. The van der Waals surface area contributed by atoms with Crippen LogP contribution in [0.5, 0.6) is 5.75 Å². The average molecular weight is 282 g/mol. The van der Waals surface area contributed by atoms with Gasteiger partial charge >= 0.3 is 0 Å². The quantitative estimate of drug-likeness (QED) is 0.786. The summed E-state index contributed by atoms with van der Waals surface area (Å²) in [6.07, 6.45) is 1.26. The van der Waals surface area contributed by atoms with E-state index < -0.39 is 0 Å². The standard InChI is InChI=1S/C14H18O2S2/c1-10(14-17-8-3-9-18-14)13(15)11-4-6-12(16-2)7-5-11/h4-7,10,14H,3,8-9H2,1-2H3. The Hall–Kier alpha value is -0.610. The first-order valence-corrected chi connectivity index (χ1v) is 8.23. The van der Waals surface area contributed by atoms with E-state index in [1.54, 1.807) is 7.11 Å². The number of ether oxygens (including phenoxy) is 1. The Labute approximate surface area is 117 Å². The Morgan fingerprint density at radius 1 is 1.28 bits per heavy atom. The lowest BCUT2D eigenvalue weighted by Crippen LogP contribution is -2.23. The Morgan fingerprint density at radius 2 is 1.89 bits per heavy atom. The van der Waals surface area contributed by atoms with Crippen molar-refractivity contribution >= 4 is 29.3 Å². The predicted octanol–water partition coefficient (Wildman–Crippen LogP) is 3.71. The molecule has 18 heavy (non-hydrogen) atoms. The highest BCUT2D eigenvalue weighted by molar-refractivity contribution is 8.17. The van der Waals surface area contributed by atoms with Crippen LogP contribution in [0.4, 0.5) is 0 Å². The molecule has 1 aliphatic rings. The highest BCUT2D eigenvalue weighted by Crippen LogP contribution is 2.37. The average Bonchev–Trinajstić information content (AvgIpc) is 2.47. The molecule has 1 saturated heterocycles. The molecule has 98 valence electrons. The molecule has 0 radical (unpaired) electrons. The van der Waals surface area contributed by atoms with E-state index in [9.17, 15) is 4.79 Å². The molecular formula is C14H18O2S2. The molecular weight excluding hydrogens is 264 g/mol. The SMILES string of the molecule is COc1ccc(C(=O)C(C)C2SCCCS2)cc1. The van der Waals surface area contributed by atoms with Gasteiger partial charge in [-0.2, -0.15) is 0 Å². The number of benzene rings is 1. The number of methoxy groups -OCH3 is 1. The van der Waals surface area contributed by atoms with Crippen LogP contribution in [0, 0.1) is 5.92 Å². The van der Waals surface area contributed by atoms with E-state index >= 15 is 0 Å². The zero-order valence-corrected chi connectivity index (χ0v) is 12.4. The van der Waals surface area contributed by atoms with Crippen LogP contribution in [-0.4, -0.2) is 29.0 Å². The van der Waals surface area contributed by atoms with Gasteiger partial charge in [-0.05, 0) is 42.2 Å². The summed E-state index contributed by atoms with van der Waals surface area (Å²) < 4.78 is 5.52. The number of thioether (sulfide) groups is 2. The van der Waals surface area contributed by atoms with Crippen molar-refractivity contribution < 1.29 is 9.53 Å². The van der Waals surface area contributed by atoms with Crippen molar-refractivity contribution in [1.82, 2.24) is 0 Å². The predicted molar refractivity (Wildman–Crippen MR) is 79.8 cm³/mol. The second-order valence-electron chi connectivity index (χ2n) is 4.34. The minimum Gasteiger partial charge on any atom is -0.497 e. The van der Waals surface area contributed by atoms with Gasteiger partial charge in [-0.25, -0.2) is 0 Å². The third-order valence-electron chi connectivity index (χ3n) is 3.05. The van der Waals surface area contributed by atoms with E-state index in [1.165, 1.54) is 17.9 Å². The molecule has 1 aromatic carbocycles. The van der Waals surface area contributed by atoms with Crippen LogP contribution in [0.2, 0.25) is 0 Å². The molecule has 0 amide bonds. The van der Waals surface area contributed by atoms with E-state index in [-0.39, 0.29) is 11.7 Å².